The molecular weight excluding hydrogens is 228 g/mol. The van der Waals surface area contributed by atoms with E-state index in [0.29, 0.717) is 12.2 Å². The Morgan fingerprint density at radius 3 is 3.00 bits per heavy atom. The smallest absolute Gasteiger partial charge is 0.328 e. The van der Waals surface area contributed by atoms with Crippen LogP contribution in [0, 0.1) is 6.92 Å². The van der Waals surface area contributed by atoms with Gasteiger partial charge in [0, 0.05) is 11.8 Å². The molecule has 1 saturated heterocycles. The van der Waals surface area contributed by atoms with Gasteiger partial charge in [-0.1, -0.05) is 0 Å². The van der Waals surface area contributed by atoms with E-state index >= 15 is 0 Å². The summed E-state index contributed by atoms with van der Waals surface area (Å²) < 4.78 is 11.8. The maximum absolute atomic E-state index is 11.5. The molecule has 0 aromatic carbocycles. The van der Waals surface area contributed by atoms with Crippen molar-refractivity contribution in [3.63, 3.8) is 0 Å². The van der Waals surface area contributed by atoms with Crippen LogP contribution in [0.15, 0.2) is 15.8 Å². The first kappa shape index (κ1) is 12.0. The molecule has 2 heterocycles. The Morgan fingerprint density at radius 1 is 1.59 bits per heavy atom. The zero-order chi connectivity index (χ0) is 12.4. The Labute approximate surface area is 96.6 Å². The molecule has 0 unspecified atom stereocenters. The van der Waals surface area contributed by atoms with E-state index in [-0.39, 0.29) is 24.8 Å². The first-order valence-corrected chi connectivity index (χ1v) is 5.28. The third-order valence-corrected chi connectivity index (χ3v) is 2.55. The van der Waals surface area contributed by atoms with Crippen LogP contribution in [-0.2, 0) is 16.0 Å². The molecule has 0 amide bonds. The van der Waals surface area contributed by atoms with Crippen LogP contribution in [0.25, 0.3) is 0 Å². The minimum absolute atomic E-state index is 0.212. The molecule has 2 rings (SSSR count). The van der Waals surface area contributed by atoms with Crippen LogP contribution in [-0.4, -0.2) is 40.3 Å². The molecule has 2 atom stereocenters. The number of nitrogens with one attached hydrogen (secondary N) is 1. The number of aliphatic hydroxyl groups is 1. The molecule has 0 radical (unpaired) electrons. The molecule has 0 aliphatic carbocycles. The summed E-state index contributed by atoms with van der Waals surface area (Å²) in [4.78, 5) is 24.9. The normalized spacial score (nSPS) is 24.1. The highest BCUT2D eigenvalue weighted by atomic mass is 16.7. The molecule has 1 aromatic rings. The average Bonchev–Trinajstić information content (AvgIpc) is 2.73. The number of aromatic nitrogens is 2. The fourth-order valence-electron chi connectivity index (χ4n) is 1.67. The lowest BCUT2D eigenvalue weighted by molar-refractivity contribution is -0.0893. The van der Waals surface area contributed by atoms with Crippen molar-refractivity contribution in [2.75, 3.05) is 13.2 Å². The maximum atomic E-state index is 11.5. The van der Waals surface area contributed by atoms with E-state index in [0.717, 1.165) is 0 Å². The summed E-state index contributed by atoms with van der Waals surface area (Å²) in [5.41, 5.74) is -0.401. The largest absolute Gasteiger partial charge is 0.391 e. The van der Waals surface area contributed by atoms with E-state index in [1.807, 2.05) is 0 Å². The van der Waals surface area contributed by atoms with Crippen LogP contribution >= 0.6 is 0 Å². The maximum Gasteiger partial charge on any atom is 0.328 e. The van der Waals surface area contributed by atoms with Gasteiger partial charge in [-0.3, -0.25) is 14.3 Å². The Bertz CT molecular complexity index is 506. The Hall–Kier alpha value is -1.44. The second-order valence-electron chi connectivity index (χ2n) is 3.93. The highest BCUT2D eigenvalue weighted by Crippen LogP contribution is 2.11. The summed E-state index contributed by atoms with van der Waals surface area (Å²) in [5, 5.41) is 8.82. The second kappa shape index (κ2) is 4.82. The molecule has 0 spiro atoms. The van der Waals surface area contributed by atoms with Gasteiger partial charge in [0.15, 0.2) is 6.29 Å². The Kier molecular flexibility index (Phi) is 3.41. The first-order chi connectivity index (χ1) is 8.10. The summed E-state index contributed by atoms with van der Waals surface area (Å²) in [5.74, 6) is 0. The van der Waals surface area contributed by atoms with Crippen LogP contribution in [0.3, 0.4) is 0 Å². The van der Waals surface area contributed by atoms with Crippen molar-refractivity contribution in [3.05, 3.63) is 32.6 Å². The highest BCUT2D eigenvalue weighted by molar-refractivity contribution is 5.00. The van der Waals surface area contributed by atoms with Gasteiger partial charge in [0.05, 0.1) is 19.8 Å². The first-order valence-electron chi connectivity index (χ1n) is 5.28. The summed E-state index contributed by atoms with van der Waals surface area (Å²) in [6, 6.07) is 0. The van der Waals surface area contributed by atoms with Crippen molar-refractivity contribution in [2.24, 2.45) is 0 Å². The number of aliphatic hydroxyl groups excluding tert-OH is 1. The molecule has 0 bridgehead atoms. The third-order valence-electron chi connectivity index (χ3n) is 2.55. The molecule has 1 aromatic heterocycles. The predicted molar refractivity (Wildman–Crippen MR) is 57.8 cm³/mol. The summed E-state index contributed by atoms with van der Waals surface area (Å²) in [6.45, 7) is 2.01. The standard InChI is InChI=1S/C10H14N2O5/c1-6-2-12(10(15)11-9(6)14)3-7-5-16-8(4-13)17-7/h2,7-8,13H,3-5H2,1H3,(H,11,14,15)/t7-,8+/m0/s1. The predicted octanol–water partition coefficient (Wildman–Crippen LogP) is -1.42. The van der Waals surface area contributed by atoms with Gasteiger partial charge in [0.25, 0.3) is 5.56 Å². The van der Waals surface area contributed by atoms with Crippen LogP contribution in [0.1, 0.15) is 5.56 Å². The second-order valence-corrected chi connectivity index (χ2v) is 3.93. The fraction of sp³-hybridized carbons (Fsp3) is 0.600. The Balaban J connectivity index is 2.12. The van der Waals surface area contributed by atoms with E-state index in [9.17, 15) is 9.59 Å². The van der Waals surface area contributed by atoms with Crippen molar-refractivity contribution >= 4 is 0 Å². The number of aryl methyl sites for hydroxylation is 1. The number of aromatic amines is 1. The molecule has 1 aliphatic rings. The summed E-state index contributed by atoms with van der Waals surface area (Å²) in [6.07, 6.45) is 0.561. The van der Waals surface area contributed by atoms with Crippen molar-refractivity contribution < 1.29 is 14.6 Å². The van der Waals surface area contributed by atoms with Gasteiger partial charge in [-0.05, 0) is 6.92 Å². The third kappa shape index (κ3) is 2.63. The van der Waals surface area contributed by atoms with Crippen molar-refractivity contribution in [2.45, 2.75) is 25.9 Å². The van der Waals surface area contributed by atoms with Gasteiger partial charge in [0.1, 0.15) is 6.10 Å². The van der Waals surface area contributed by atoms with E-state index in [4.69, 9.17) is 14.6 Å². The minimum atomic E-state index is -0.625. The van der Waals surface area contributed by atoms with Crippen LogP contribution in [0.4, 0.5) is 0 Å². The molecule has 7 nitrogen and oxygen atoms in total. The van der Waals surface area contributed by atoms with Crippen molar-refractivity contribution in [1.82, 2.24) is 9.55 Å². The van der Waals surface area contributed by atoms with Gasteiger partial charge in [0.2, 0.25) is 0 Å². The number of hydrogen-bond donors (Lipinski definition) is 2. The molecule has 2 N–H and O–H groups in total. The topological polar surface area (TPSA) is 93.6 Å². The highest BCUT2D eigenvalue weighted by Gasteiger charge is 2.25. The van der Waals surface area contributed by atoms with E-state index < -0.39 is 12.0 Å². The van der Waals surface area contributed by atoms with Crippen LogP contribution in [0.2, 0.25) is 0 Å². The quantitative estimate of drug-likeness (QED) is 0.678. The van der Waals surface area contributed by atoms with Crippen LogP contribution in [0.5, 0.6) is 0 Å². The number of ether oxygens (including phenoxy) is 2. The number of rotatable bonds is 3. The van der Waals surface area contributed by atoms with Gasteiger partial charge < -0.3 is 14.6 Å². The lowest BCUT2D eigenvalue weighted by Gasteiger charge is -2.11. The SMILES string of the molecule is Cc1cn(C[C@H]2CO[C@@H](CO)O2)c(=O)[nH]c1=O. The average molecular weight is 242 g/mol. The zero-order valence-corrected chi connectivity index (χ0v) is 9.38. The number of H-pyrrole nitrogens is 1. The lowest BCUT2D eigenvalue weighted by Crippen LogP contribution is -2.34. The van der Waals surface area contributed by atoms with Gasteiger partial charge in [-0.2, -0.15) is 0 Å². The lowest BCUT2D eigenvalue weighted by atomic mass is 10.3. The molecular formula is C10H14N2O5. The summed E-state index contributed by atoms with van der Waals surface area (Å²) >= 11 is 0. The van der Waals surface area contributed by atoms with Crippen molar-refractivity contribution in [1.29, 1.82) is 0 Å². The molecule has 94 valence electrons. The minimum Gasteiger partial charge on any atom is -0.391 e. The molecule has 1 aliphatic heterocycles. The molecule has 7 heteroatoms. The van der Waals surface area contributed by atoms with Crippen LogP contribution < -0.4 is 11.2 Å². The fourth-order valence-corrected chi connectivity index (χ4v) is 1.67. The molecule has 1 fully saturated rings. The van der Waals surface area contributed by atoms with Gasteiger partial charge in [-0.25, -0.2) is 4.79 Å². The Morgan fingerprint density at radius 2 is 2.35 bits per heavy atom. The molecule has 0 saturated carbocycles. The molecule has 17 heavy (non-hydrogen) atoms. The van der Waals surface area contributed by atoms with E-state index in [2.05, 4.69) is 4.98 Å². The number of hydrogen-bond acceptors (Lipinski definition) is 5. The monoisotopic (exact) mass is 242 g/mol. The number of nitrogens with zero attached hydrogens (tertiary/aromatic N) is 1. The van der Waals surface area contributed by atoms with Gasteiger partial charge >= 0.3 is 5.69 Å². The van der Waals surface area contributed by atoms with E-state index in [1.54, 1.807) is 6.92 Å². The van der Waals surface area contributed by atoms with Gasteiger partial charge in [-0.15, -0.1) is 0 Å². The summed E-state index contributed by atoms with van der Waals surface area (Å²) in [7, 11) is 0. The van der Waals surface area contributed by atoms with Crippen molar-refractivity contribution in [3.8, 4) is 0 Å². The zero-order valence-electron chi connectivity index (χ0n) is 9.38. The van der Waals surface area contributed by atoms with E-state index in [1.165, 1.54) is 10.8 Å².